The fraction of sp³-hybridized carbons (Fsp3) is 0.609. The zero-order valence-electron chi connectivity index (χ0n) is 16.7. The lowest BCUT2D eigenvalue weighted by molar-refractivity contribution is -0.276. The van der Waals surface area contributed by atoms with Gasteiger partial charge in [0.15, 0.2) is 12.6 Å². The summed E-state index contributed by atoms with van der Waals surface area (Å²) in [4.78, 5) is 12.3. The second-order valence-electron chi connectivity index (χ2n) is 8.03. The highest BCUT2D eigenvalue weighted by atomic mass is 16.7. The number of unbranched alkanes of at least 4 members (excludes halogenated alkanes) is 1. The number of benzene rings is 1. The maximum atomic E-state index is 12.3. The number of fused-ring (bicyclic) bond motifs is 3. The fourth-order valence-corrected chi connectivity index (χ4v) is 4.57. The number of carbonyl (C=O) groups is 1. The number of aryl methyl sites for hydroxylation is 1. The van der Waals surface area contributed by atoms with Crippen LogP contribution in [0.15, 0.2) is 35.6 Å². The standard InChI is InChI=1S/C23H30O5/c1-25-16-26-18-12-10-17(11-13-18)6-2-3-14-23-15-5-9-21(28-23)22-19(24)7-4-8-20(22)27-23/h10-13,21H,2-9,14-16H2,1H3/t21-,23-/m0/s1. The summed E-state index contributed by atoms with van der Waals surface area (Å²) in [6.07, 6.45) is 9.40. The molecule has 2 heterocycles. The summed E-state index contributed by atoms with van der Waals surface area (Å²) in [6, 6.07) is 8.19. The van der Waals surface area contributed by atoms with Crippen LogP contribution in [0.3, 0.4) is 0 Å². The van der Waals surface area contributed by atoms with Gasteiger partial charge in [0.1, 0.15) is 11.5 Å². The van der Waals surface area contributed by atoms with Crippen molar-refractivity contribution >= 4 is 5.78 Å². The molecule has 2 aliphatic heterocycles. The maximum Gasteiger partial charge on any atom is 0.210 e. The van der Waals surface area contributed by atoms with E-state index >= 15 is 0 Å². The van der Waals surface area contributed by atoms with Gasteiger partial charge in [-0.25, -0.2) is 0 Å². The highest BCUT2D eigenvalue weighted by Gasteiger charge is 2.47. The summed E-state index contributed by atoms with van der Waals surface area (Å²) < 4.78 is 23.0. The molecule has 4 rings (SSSR count). The Morgan fingerprint density at radius 3 is 2.82 bits per heavy atom. The molecule has 5 heteroatoms. The Morgan fingerprint density at radius 1 is 1.14 bits per heavy atom. The van der Waals surface area contributed by atoms with E-state index in [9.17, 15) is 4.79 Å². The van der Waals surface area contributed by atoms with Gasteiger partial charge < -0.3 is 18.9 Å². The molecule has 0 N–H and O–H groups in total. The third kappa shape index (κ3) is 4.26. The van der Waals surface area contributed by atoms with Crippen molar-refractivity contribution in [1.29, 1.82) is 0 Å². The van der Waals surface area contributed by atoms with Crippen LogP contribution in [0.25, 0.3) is 0 Å². The molecule has 1 saturated heterocycles. The topological polar surface area (TPSA) is 54.0 Å². The number of hydrogen-bond donors (Lipinski definition) is 0. The van der Waals surface area contributed by atoms with Crippen molar-refractivity contribution in [3.63, 3.8) is 0 Å². The van der Waals surface area contributed by atoms with Gasteiger partial charge in [0.05, 0.1) is 11.7 Å². The van der Waals surface area contributed by atoms with Crippen molar-refractivity contribution in [3.05, 3.63) is 41.2 Å². The third-order valence-electron chi connectivity index (χ3n) is 5.96. The largest absolute Gasteiger partial charge is 0.468 e. The Bertz CT molecular complexity index is 723. The van der Waals surface area contributed by atoms with Crippen molar-refractivity contribution < 1.29 is 23.7 Å². The Hall–Kier alpha value is -1.85. The van der Waals surface area contributed by atoms with Gasteiger partial charge in [0.2, 0.25) is 5.79 Å². The van der Waals surface area contributed by atoms with Crippen molar-refractivity contribution in [1.82, 2.24) is 0 Å². The SMILES string of the molecule is COCOc1ccc(CCCC[C@@]23CCC[C@H](O2)C2=C(CCCC2=O)O3)cc1. The molecule has 1 fully saturated rings. The quantitative estimate of drug-likeness (QED) is 0.479. The van der Waals surface area contributed by atoms with E-state index in [1.54, 1.807) is 7.11 Å². The summed E-state index contributed by atoms with van der Waals surface area (Å²) in [5, 5.41) is 0. The van der Waals surface area contributed by atoms with Crippen LogP contribution < -0.4 is 4.74 Å². The van der Waals surface area contributed by atoms with E-state index < -0.39 is 5.79 Å². The lowest BCUT2D eigenvalue weighted by Crippen LogP contribution is -2.49. The first-order chi connectivity index (χ1) is 13.7. The van der Waals surface area contributed by atoms with Crippen LogP contribution in [-0.4, -0.2) is 31.6 Å². The zero-order chi connectivity index (χ0) is 19.4. The van der Waals surface area contributed by atoms with Crippen LogP contribution in [0.4, 0.5) is 0 Å². The molecule has 1 aliphatic carbocycles. The Morgan fingerprint density at radius 2 is 2.00 bits per heavy atom. The van der Waals surface area contributed by atoms with Gasteiger partial charge in [-0.3, -0.25) is 4.79 Å². The van der Waals surface area contributed by atoms with Crippen LogP contribution in [-0.2, 0) is 25.4 Å². The molecule has 2 atom stereocenters. The highest BCUT2D eigenvalue weighted by molar-refractivity contribution is 5.97. The molecule has 3 aliphatic rings. The molecule has 0 saturated carbocycles. The fourth-order valence-electron chi connectivity index (χ4n) is 4.57. The predicted molar refractivity (Wildman–Crippen MR) is 105 cm³/mol. The summed E-state index contributed by atoms with van der Waals surface area (Å²) in [6.45, 7) is 0.270. The van der Waals surface area contributed by atoms with E-state index in [0.29, 0.717) is 6.42 Å². The number of hydrogen-bond acceptors (Lipinski definition) is 5. The monoisotopic (exact) mass is 386 g/mol. The number of ketones is 1. The van der Waals surface area contributed by atoms with Crippen molar-refractivity contribution in [2.24, 2.45) is 0 Å². The molecule has 0 spiro atoms. The third-order valence-corrected chi connectivity index (χ3v) is 5.96. The minimum Gasteiger partial charge on any atom is -0.468 e. The average molecular weight is 386 g/mol. The van der Waals surface area contributed by atoms with E-state index in [4.69, 9.17) is 18.9 Å². The van der Waals surface area contributed by atoms with Gasteiger partial charge in [-0.2, -0.15) is 0 Å². The van der Waals surface area contributed by atoms with Gasteiger partial charge in [0.25, 0.3) is 0 Å². The molecule has 0 radical (unpaired) electrons. The summed E-state index contributed by atoms with van der Waals surface area (Å²) in [7, 11) is 1.62. The molecule has 0 amide bonds. The van der Waals surface area contributed by atoms with Gasteiger partial charge in [-0.05, 0) is 56.2 Å². The summed E-state index contributed by atoms with van der Waals surface area (Å²) in [5.74, 6) is 1.49. The molecular formula is C23H30O5. The van der Waals surface area contributed by atoms with Gasteiger partial charge in [-0.1, -0.05) is 12.1 Å². The minimum atomic E-state index is -0.503. The van der Waals surface area contributed by atoms with Crippen LogP contribution in [0, 0.1) is 0 Å². The molecule has 1 aromatic carbocycles. The average Bonchev–Trinajstić information content (AvgIpc) is 2.70. The molecule has 0 unspecified atom stereocenters. The molecule has 5 nitrogen and oxygen atoms in total. The van der Waals surface area contributed by atoms with E-state index in [1.165, 1.54) is 5.56 Å². The molecular weight excluding hydrogens is 356 g/mol. The van der Waals surface area contributed by atoms with Crippen molar-refractivity contribution in [3.8, 4) is 5.75 Å². The first-order valence-electron chi connectivity index (χ1n) is 10.5. The van der Waals surface area contributed by atoms with Crippen LogP contribution in [0.5, 0.6) is 5.75 Å². The van der Waals surface area contributed by atoms with E-state index in [1.807, 2.05) is 12.1 Å². The predicted octanol–water partition coefficient (Wildman–Crippen LogP) is 4.68. The Labute approximate surface area is 167 Å². The minimum absolute atomic E-state index is 0.0371. The first kappa shape index (κ1) is 19.5. The van der Waals surface area contributed by atoms with Gasteiger partial charge in [-0.15, -0.1) is 0 Å². The van der Waals surface area contributed by atoms with E-state index in [0.717, 1.165) is 74.9 Å². The van der Waals surface area contributed by atoms with Crippen molar-refractivity contribution in [2.75, 3.05) is 13.9 Å². The number of Topliss-reactive ketones (excluding diaryl/α,β-unsaturated/α-hetero) is 1. The lowest BCUT2D eigenvalue weighted by atomic mass is 9.84. The molecule has 2 bridgehead atoms. The van der Waals surface area contributed by atoms with Crippen molar-refractivity contribution in [2.45, 2.75) is 76.1 Å². The summed E-state index contributed by atoms with van der Waals surface area (Å²) >= 11 is 0. The number of carbonyl (C=O) groups excluding carboxylic acids is 1. The van der Waals surface area contributed by atoms with E-state index in [2.05, 4.69) is 12.1 Å². The summed E-state index contributed by atoms with van der Waals surface area (Å²) in [5.41, 5.74) is 2.15. The van der Waals surface area contributed by atoms with Crippen LogP contribution in [0.1, 0.15) is 63.4 Å². The maximum absolute atomic E-state index is 12.3. The lowest BCUT2D eigenvalue weighted by Gasteiger charge is -2.47. The number of rotatable bonds is 8. The highest BCUT2D eigenvalue weighted by Crippen LogP contribution is 2.46. The molecule has 28 heavy (non-hydrogen) atoms. The Kier molecular flexibility index (Phi) is 6.02. The molecule has 0 aromatic heterocycles. The van der Waals surface area contributed by atoms with Gasteiger partial charge >= 0.3 is 0 Å². The number of allylic oxidation sites excluding steroid dienone is 1. The molecule has 152 valence electrons. The Balaban J connectivity index is 1.29. The zero-order valence-corrected chi connectivity index (χ0v) is 16.7. The van der Waals surface area contributed by atoms with Crippen LogP contribution >= 0.6 is 0 Å². The smallest absolute Gasteiger partial charge is 0.210 e. The van der Waals surface area contributed by atoms with Gasteiger partial charge in [0, 0.05) is 32.8 Å². The second kappa shape index (κ2) is 8.66. The first-order valence-corrected chi connectivity index (χ1v) is 10.5. The second-order valence-corrected chi connectivity index (χ2v) is 8.03. The normalized spacial score (nSPS) is 26.6. The molecule has 1 aromatic rings. The number of ether oxygens (including phenoxy) is 4. The number of methoxy groups -OCH3 is 1. The van der Waals surface area contributed by atoms with E-state index in [-0.39, 0.29) is 18.7 Å². The van der Waals surface area contributed by atoms with Crippen LogP contribution in [0.2, 0.25) is 0 Å².